The molecule has 20 heavy (non-hydrogen) atoms. The van der Waals surface area contributed by atoms with E-state index < -0.39 is 0 Å². The molecule has 0 nitrogen and oxygen atoms in total. The highest BCUT2D eigenvalue weighted by atomic mass is 19.1. The summed E-state index contributed by atoms with van der Waals surface area (Å²) in [5.41, 5.74) is 2.20. The minimum atomic E-state index is -0.209. The molecule has 0 saturated heterocycles. The second kappa shape index (κ2) is 5.35. The SMILES string of the molecule is Fc1ccc(C2(c3ccc(F)cc3)CCCCC2)cc1. The monoisotopic (exact) mass is 272 g/mol. The smallest absolute Gasteiger partial charge is 0.123 e. The summed E-state index contributed by atoms with van der Waals surface area (Å²) in [6, 6.07) is 13.6. The lowest BCUT2D eigenvalue weighted by Gasteiger charge is -2.38. The van der Waals surface area contributed by atoms with Gasteiger partial charge in [-0.15, -0.1) is 0 Å². The van der Waals surface area contributed by atoms with Gasteiger partial charge >= 0.3 is 0 Å². The molecule has 0 amide bonds. The summed E-state index contributed by atoms with van der Waals surface area (Å²) < 4.78 is 26.4. The minimum Gasteiger partial charge on any atom is -0.207 e. The van der Waals surface area contributed by atoms with Gasteiger partial charge in [-0.05, 0) is 48.2 Å². The van der Waals surface area contributed by atoms with E-state index in [4.69, 9.17) is 0 Å². The highest BCUT2D eigenvalue weighted by Gasteiger charge is 2.35. The van der Waals surface area contributed by atoms with Crippen molar-refractivity contribution in [2.24, 2.45) is 0 Å². The van der Waals surface area contributed by atoms with Crippen LogP contribution in [0.25, 0.3) is 0 Å². The molecule has 1 aliphatic rings. The molecule has 0 aromatic heterocycles. The summed E-state index contributed by atoms with van der Waals surface area (Å²) in [4.78, 5) is 0. The molecule has 2 heteroatoms. The molecule has 2 aromatic rings. The lowest BCUT2D eigenvalue weighted by atomic mass is 9.65. The van der Waals surface area contributed by atoms with Crippen LogP contribution in [-0.4, -0.2) is 0 Å². The molecular weight excluding hydrogens is 254 g/mol. The zero-order chi connectivity index (χ0) is 14.0. The number of halogens is 2. The van der Waals surface area contributed by atoms with Gasteiger partial charge in [-0.25, -0.2) is 8.78 Å². The van der Waals surface area contributed by atoms with E-state index in [1.54, 1.807) is 0 Å². The average molecular weight is 272 g/mol. The van der Waals surface area contributed by atoms with Crippen molar-refractivity contribution in [1.29, 1.82) is 0 Å². The van der Waals surface area contributed by atoms with Gasteiger partial charge in [0.05, 0.1) is 0 Å². The molecule has 1 fully saturated rings. The maximum absolute atomic E-state index is 13.2. The van der Waals surface area contributed by atoms with Crippen molar-refractivity contribution < 1.29 is 8.78 Å². The van der Waals surface area contributed by atoms with Gasteiger partial charge in [-0.2, -0.15) is 0 Å². The van der Waals surface area contributed by atoms with Crippen LogP contribution in [0.2, 0.25) is 0 Å². The fourth-order valence-corrected chi connectivity index (χ4v) is 3.44. The van der Waals surface area contributed by atoms with E-state index in [1.807, 2.05) is 24.3 Å². The third kappa shape index (κ3) is 2.35. The summed E-state index contributed by atoms with van der Waals surface area (Å²) in [6.07, 6.45) is 5.65. The molecule has 0 bridgehead atoms. The van der Waals surface area contributed by atoms with Gasteiger partial charge in [0.2, 0.25) is 0 Å². The number of hydrogen-bond donors (Lipinski definition) is 0. The lowest BCUT2D eigenvalue weighted by Crippen LogP contribution is -2.30. The Morgan fingerprint density at radius 3 is 1.40 bits per heavy atom. The topological polar surface area (TPSA) is 0 Å². The third-order valence-electron chi connectivity index (χ3n) is 4.50. The second-order valence-corrected chi connectivity index (χ2v) is 5.66. The Morgan fingerprint density at radius 2 is 1.00 bits per heavy atom. The minimum absolute atomic E-state index is 0.0837. The van der Waals surface area contributed by atoms with Crippen LogP contribution in [0.15, 0.2) is 48.5 Å². The van der Waals surface area contributed by atoms with E-state index in [1.165, 1.54) is 30.7 Å². The summed E-state index contributed by atoms with van der Waals surface area (Å²) in [6.45, 7) is 0. The van der Waals surface area contributed by atoms with Gasteiger partial charge in [0.15, 0.2) is 0 Å². The average Bonchev–Trinajstić information content (AvgIpc) is 2.49. The predicted molar refractivity (Wildman–Crippen MR) is 76.7 cm³/mol. The Balaban J connectivity index is 2.08. The summed E-state index contributed by atoms with van der Waals surface area (Å²) in [5, 5.41) is 0. The van der Waals surface area contributed by atoms with Crippen LogP contribution in [-0.2, 0) is 5.41 Å². The molecule has 0 unspecified atom stereocenters. The van der Waals surface area contributed by atoms with Gasteiger partial charge < -0.3 is 0 Å². The Hall–Kier alpha value is -1.70. The molecular formula is C18H18F2. The first kappa shape index (κ1) is 13.3. The molecule has 0 N–H and O–H groups in total. The van der Waals surface area contributed by atoms with Crippen LogP contribution < -0.4 is 0 Å². The zero-order valence-electron chi connectivity index (χ0n) is 11.4. The first-order valence-electron chi connectivity index (χ1n) is 7.23. The molecule has 1 saturated carbocycles. The van der Waals surface area contributed by atoms with Crippen molar-refractivity contribution in [2.75, 3.05) is 0 Å². The first-order chi connectivity index (χ1) is 9.71. The van der Waals surface area contributed by atoms with E-state index in [0.29, 0.717) is 0 Å². The van der Waals surface area contributed by atoms with Gasteiger partial charge in [0, 0.05) is 5.41 Å². The molecule has 0 radical (unpaired) electrons. The van der Waals surface area contributed by atoms with Gasteiger partial charge in [0.1, 0.15) is 11.6 Å². The molecule has 0 atom stereocenters. The summed E-state index contributed by atoms with van der Waals surface area (Å²) in [7, 11) is 0. The van der Waals surface area contributed by atoms with E-state index in [9.17, 15) is 8.78 Å². The maximum Gasteiger partial charge on any atom is 0.123 e. The molecule has 0 spiro atoms. The van der Waals surface area contributed by atoms with Crippen LogP contribution in [0.4, 0.5) is 8.78 Å². The van der Waals surface area contributed by atoms with E-state index in [0.717, 1.165) is 36.8 Å². The van der Waals surface area contributed by atoms with Crippen molar-refractivity contribution in [3.8, 4) is 0 Å². The van der Waals surface area contributed by atoms with Gasteiger partial charge in [0.25, 0.3) is 0 Å². The summed E-state index contributed by atoms with van der Waals surface area (Å²) >= 11 is 0. The van der Waals surface area contributed by atoms with E-state index in [-0.39, 0.29) is 17.0 Å². The normalized spacial score (nSPS) is 17.9. The van der Waals surface area contributed by atoms with Crippen molar-refractivity contribution in [1.82, 2.24) is 0 Å². The first-order valence-corrected chi connectivity index (χ1v) is 7.23. The largest absolute Gasteiger partial charge is 0.207 e. The van der Waals surface area contributed by atoms with Crippen molar-refractivity contribution in [2.45, 2.75) is 37.5 Å². The summed E-state index contributed by atoms with van der Waals surface area (Å²) in [5.74, 6) is -0.419. The Morgan fingerprint density at radius 1 is 0.600 bits per heavy atom. The molecule has 3 rings (SSSR count). The fourth-order valence-electron chi connectivity index (χ4n) is 3.44. The number of rotatable bonds is 2. The molecule has 0 heterocycles. The lowest BCUT2D eigenvalue weighted by molar-refractivity contribution is 0.345. The van der Waals surface area contributed by atoms with Crippen LogP contribution >= 0.6 is 0 Å². The predicted octanol–water partition coefficient (Wildman–Crippen LogP) is 5.22. The highest BCUT2D eigenvalue weighted by molar-refractivity contribution is 5.40. The van der Waals surface area contributed by atoms with Crippen LogP contribution in [0.1, 0.15) is 43.2 Å². The zero-order valence-corrected chi connectivity index (χ0v) is 11.4. The van der Waals surface area contributed by atoms with Crippen molar-refractivity contribution >= 4 is 0 Å². The second-order valence-electron chi connectivity index (χ2n) is 5.66. The standard InChI is InChI=1S/C18H18F2/c19-16-8-4-14(5-9-16)18(12-2-1-3-13-18)15-6-10-17(20)11-7-15/h4-11H,1-3,12-13H2. The maximum atomic E-state index is 13.2. The number of hydrogen-bond acceptors (Lipinski definition) is 0. The van der Waals surface area contributed by atoms with Crippen LogP contribution in [0, 0.1) is 11.6 Å². The third-order valence-corrected chi connectivity index (χ3v) is 4.50. The van der Waals surface area contributed by atoms with Crippen LogP contribution in [0.5, 0.6) is 0 Å². The van der Waals surface area contributed by atoms with E-state index in [2.05, 4.69) is 0 Å². The van der Waals surface area contributed by atoms with Gasteiger partial charge in [-0.3, -0.25) is 0 Å². The van der Waals surface area contributed by atoms with Crippen molar-refractivity contribution in [3.05, 3.63) is 71.3 Å². The Kier molecular flexibility index (Phi) is 3.56. The van der Waals surface area contributed by atoms with Crippen molar-refractivity contribution in [3.63, 3.8) is 0 Å². The van der Waals surface area contributed by atoms with Gasteiger partial charge in [-0.1, -0.05) is 43.5 Å². The quantitative estimate of drug-likeness (QED) is 0.703. The molecule has 2 aromatic carbocycles. The molecule has 104 valence electrons. The number of benzene rings is 2. The van der Waals surface area contributed by atoms with E-state index >= 15 is 0 Å². The molecule has 0 aliphatic heterocycles. The molecule has 1 aliphatic carbocycles. The Bertz CT molecular complexity index is 516. The Labute approximate surface area is 118 Å². The van der Waals surface area contributed by atoms with Crippen LogP contribution in [0.3, 0.4) is 0 Å². The highest BCUT2D eigenvalue weighted by Crippen LogP contribution is 2.44. The fraction of sp³-hybridized carbons (Fsp3) is 0.333.